The number of amides is 1. The van der Waals surface area contributed by atoms with Crippen LogP contribution in [-0.2, 0) is 20.8 Å². The molecule has 2 N–H and O–H groups in total. The Morgan fingerprint density at radius 3 is 2.38 bits per heavy atom. The minimum absolute atomic E-state index is 0. The Morgan fingerprint density at radius 2 is 1.83 bits per heavy atom. The van der Waals surface area contributed by atoms with Gasteiger partial charge in [-0.05, 0) is 50.6 Å². The summed E-state index contributed by atoms with van der Waals surface area (Å²) in [5, 5.41) is 6.15. The van der Waals surface area contributed by atoms with Crippen LogP contribution in [0.2, 0.25) is 0 Å². The second-order valence-corrected chi connectivity index (χ2v) is 5.55. The number of esters is 1. The Labute approximate surface area is 148 Å². The zero-order valence-electron chi connectivity index (χ0n) is 14.1. The molecule has 1 aliphatic heterocycles. The number of benzene rings is 1. The van der Waals surface area contributed by atoms with Crippen LogP contribution < -0.4 is 10.6 Å². The zero-order valence-corrected chi connectivity index (χ0v) is 14.9. The van der Waals surface area contributed by atoms with Crippen molar-refractivity contribution >= 4 is 24.3 Å². The third-order valence-electron chi connectivity index (χ3n) is 4.13. The molecule has 1 heterocycles. The average molecular weight is 357 g/mol. The van der Waals surface area contributed by atoms with E-state index in [2.05, 4.69) is 10.6 Å². The van der Waals surface area contributed by atoms with Crippen LogP contribution >= 0.6 is 12.4 Å². The number of rotatable bonds is 6. The van der Waals surface area contributed by atoms with Crippen LogP contribution in [0.5, 0.6) is 0 Å². The summed E-state index contributed by atoms with van der Waals surface area (Å²) in [7, 11) is 1.58. The standard InChI is InChI=1S/C17H24N2O4.ClH/c1-3-23-15(20)14-6-4-13(5-7-14)12-19-16(21)17(22-2)8-10-18-11-9-17;/h4-7,18H,3,8-12H2,1-2H3,(H,19,21);1H. The number of piperidine rings is 1. The molecule has 1 fully saturated rings. The molecule has 1 aromatic carbocycles. The molecule has 0 aromatic heterocycles. The average Bonchev–Trinajstić information content (AvgIpc) is 2.60. The lowest BCUT2D eigenvalue weighted by Gasteiger charge is -2.34. The van der Waals surface area contributed by atoms with E-state index in [0.29, 0.717) is 31.6 Å². The van der Waals surface area contributed by atoms with Gasteiger partial charge in [0, 0.05) is 13.7 Å². The van der Waals surface area contributed by atoms with Gasteiger partial charge in [-0.2, -0.15) is 0 Å². The van der Waals surface area contributed by atoms with Crippen molar-refractivity contribution < 1.29 is 19.1 Å². The number of methoxy groups -OCH3 is 1. The van der Waals surface area contributed by atoms with E-state index in [1.807, 2.05) is 12.1 Å². The Morgan fingerprint density at radius 1 is 1.21 bits per heavy atom. The van der Waals surface area contributed by atoms with Gasteiger partial charge in [-0.15, -0.1) is 12.4 Å². The molecule has 0 atom stereocenters. The highest BCUT2D eigenvalue weighted by Crippen LogP contribution is 2.22. The summed E-state index contributed by atoms with van der Waals surface area (Å²) in [6.45, 7) is 4.07. The Kier molecular flexibility index (Phi) is 8.18. The molecule has 0 unspecified atom stereocenters. The van der Waals surface area contributed by atoms with E-state index in [1.54, 1.807) is 26.2 Å². The van der Waals surface area contributed by atoms with E-state index in [4.69, 9.17) is 9.47 Å². The minimum atomic E-state index is -0.740. The molecule has 1 aromatic rings. The highest BCUT2D eigenvalue weighted by Gasteiger charge is 2.39. The Balaban J connectivity index is 0.00000288. The first kappa shape index (κ1) is 20.4. The molecule has 7 heteroatoms. The Bertz CT molecular complexity index is 542. The van der Waals surface area contributed by atoms with Gasteiger partial charge in [-0.1, -0.05) is 12.1 Å². The monoisotopic (exact) mass is 356 g/mol. The van der Waals surface area contributed by atoms with Gasteiger partial charge in [0.05, 0.1) is 12.2 Å². The lowest BCUT2D eigenvalue weighted by atomic mass is 9.91. The van der Waals surface area contributed by atoms with Gasteiger partial charge in [-0.3, -0.25) is 4.79 Å². The first-order valence-electron chi connectivity index (χ1n) is 7.91. The predicted molar refractivity (Wildman–Crippen MR) is 93.3 cm³/mol. The molecule has 0 radical (unpaired) electrons. The van der Waals surface area contributed by atoms with E-state index in [9.17, 15) is 9.59 Å². The van der Waals surface area contributed by atoms with Crippen LogP contribution in [0.3, 0.4) is 0 Å². The van der Waals surface area contributed by atoms with Crippen LogP contribution in [0, 0.1) is 0 Å². The summed E-state index contributed by atoms with van der Waals surface area (Å²) >= 11 is 0. The number of ether oxygens (including phenoxy) is 2. The summed E-state index contributed by atoms with van der Waals surface area (Å²) in [5.41, 5.74) is 0.691. The first-order chi connectivity index (χ1) is 11.1. The van der Waals surface area contributed by atoms with Crippen LogP contribution in [0.25, 0.3) is 0 Å². The van der Waals surface area contributed by atoms with E-state index in [-0.39, 0.29) is 24.3 Å². The lowest BCUT2D eigenvalue weighted by Crippen LogP contribution is -2.53. The first-order valence-corrected chi connectivity index (χ1v) is 7.91. The maximum Gasteiger partial charge on any atom is 0.338 e. The third-order valence-corrected chi connectivity index (χ3v) is 4.13. The molecule has 0 bridgehead atoms. The topological polar surface area (TPSA) is 76.7 Å². The van der Waals surface area contributed by atoms with E-state index < -0.39 is 5.60 Å². The summed E-state index contributed by atoms with van der Waals surface area (Å²) < 4.78 is 10.4. The largest absolute Gasteiger partial charge is 0.462 e. The SMILES string of the molecule is CCOC(=O)c1ccc(CNC(=O)C2(OC)CCNCC2)cc1.Cl. The van der Waals surface area contributed by atoms with Gasteiger partial charge in [0.25, 0.3) is 5.91 Å². The fraction of sp³-hybridized carbons (Fsp3) is 0.529. The molecule has 24 heavy (non-hydrogen) atoms. The maximum atomic E-state index is 12.4. The van der Waals surface area contributed by atoms with Crippen molar-refractivity contribution in [2.24, 2.45) is 0 Å². The van der Waals surface area contributed by atoms with E-state index >= 15 is 0 Å². The molecule has 1 aliphatic rings. The molecule has 6 nitrogen and oxygen atoms in total. The van der Waals surface area contributed by atoms with Crippen LogP contribution in [-0.4, -0.2) is 44.3 Å². The number of carbonyl (C=O) groups excluding carboxylic acids is 2. The molecule has 2 rings (SSSR count). The fourth-order valence-electron chi connectivity index (χ4n) is 2.67. The normalized spacial score (nSPS) is 15.9. The van der Waals surface area contributed by atoms with Crippen molar-refractivity contribution in [3.05, 3.63) is 35.4 Å². The molecule has 0 saturated carbocycles. The number of nitrogens with one attached hydrogen (secondary N) is 2. The van der Waals surface area contributed by atoms with Crippen molar-refractivity contribution in [3.63, 3.8) is 0 Å². The number of hydrogen-bond acceptors (Lipinski definition) is 5. The highest BCUT2D eigenvalue weighted by atomic mass is 35.5. The highest BCUT2D eigenvalue weighted by molar-refractivity contribution is 5.89. The number of halogens is 1. The van der Waals surface area contributed by atoms with Gasteiger partial charge in [0.15, 0.2) is 0 Å². The van der Waals surface area contributed by atoms with Crippen molar-refractivity contribution in [1.82, 2.24) is 10.6 Å². The van der Waals surface area contributed by atoms with Crippen molar-refractivity contribution in [1.29, 1.82) is 0 Å². The minimum Gasteiger partial charge on any atom is -0.462 e. The van der Waals surface area contributed by atoms with Crippen molar-refractivity contribution in [2.45, 2.75) is 31.9 Å². The second-order valence-electron chi connectivity index (χ2n) is 5.55. The summed E-state index contributed by atoms with van der Waals surface area (Å²) in [5.74, 6) is -0.424. The molecule has 0 spiro atoms. The third kappa shape index (κ3) is 4.93. The molecule has 134 valence electrons. The van der Waals surface area contributed by atoms with Gasteiger partial charge in [0.2, 0.25) is 0 Å². The van der Waals surface area contributed by atoms with Crippen molar-refractivity contribution in [2.75, 3.05) is 26.8 Å². The quantitative estimate of drug-likeness (QED) is 0.758. The van der Waals surface area contributed by atoms with Crippen LogP contribution in [0.4, 0.5) is 0 Å². The van der Waals surface area contributed by atoms with Crippen molar-refractivity contribution in [3.8, 4) is 0 Å². The molecular weight excluding hydrogens is 332 g/mol. The number of hydrogen-bond donors (Lipinski definition) is 2. The molecule has 1 amide bonds. The summed E-state index contributed by atoms with van der Waals surface area (Å²) in [4.78, 5) is 24.0. The maximum absolute atomic E-state index is 12.4. The predicted octanol–water partition coefficient (Wildman–Crippen LogP) is 1.67. The smallest absolute Gasteiger partial charge is 0.338 e. The van der Waals surface area contributed by atoms with Gasteiger partial charge < -0.3 is 20.1 Å². The molecule has 1 saturated heterocycles. The van der Waals surface area contributed by atoms with Gasteiger partial charge in [-0.25, -0.2) is 4.79 Å². The second kappa shape index (κ2) is 9.61. The summed E-state index contributed by atoms with van der Waals surface area (Å²) in [6.07, 6.45) is 1.33. The molecule has 0 aliphatic carbocycles. The van der Waals surface area contributed by atoms with Crippen LogP contribution in [0.15, 0.2) is 24.3 Å². The van der Waals surface area contributed by atoms with Gasteiger partial charge in [0.1, 0.15) is 5.60 Å². The number of carbonyl (C=O) groups is 2. The van der Waals surface area contributed by atoms with Crippen LogP contribution in [0.1, 0.15) is 35.7 Å². The van der Waals surface area contributed by atoms with Gasteiger partial charge >= 0.3 is 5.97 Å². The van der Waals surface area contributed by atoms with E-state index in [0.717, 1.165) is 18.7 Å². The fourth-order valence-corrected chi connectivity index (χ4v) is 2.67. The Hall–Kier alpha value is -1.63. The zero-order chi connectivity index (χ0) is 16.7. The lowest BCUT2D eigenvalue weighted by molar-refractivity contribution is -0.146. The van der Waals surface area contributed by atoms with E-state index in [1.165, 1.54) is 0 Å². The summed E-state index contributed by atoms with van der Waals surface area (Å²) in [6, 6.07) is 7.04. The molecular formula is C17H25ClN2O4.